The maximum atomic E-state index is 6.48. The summed E-state index contributed by atoms with van der Waals surface area (Å²) in [6.07, 6.45) is 3.77. The number of fused-ring (bicyclic) bond motifs is 2. The van der Waals surface area contributed by atoms with Gasteiger partial charge in [-0.2, -0.15) is 0 Å². The van der Waals surface area contributed by atoms with E-state index in [2.05, 4.69) is 81.4 Å². The van der Waals surface area contributed by atoms with Crippen LogP contribution in [-0.2, 0) is 0 Å². The molecule has 0 aliphatic carbocycles. The van der Waals surface area contributed by atoms with Gasteiger partial charge in [0.2, 0.25) is 0 Å². The summed E-state index contributed by atoms with van der Waals surface area (Å²) in [7, 11) is 10.2. The Morgan fingerprint density at radius 1 is 0.460 bits per heavy atom. The molecule has 0 aliphatic heterocycles. The highest BCUT2D eigenvalue weighted by Crippen LogP contribution is 2.55. The summed E-state index contributed by atoms with van der Waals surface area (Å²) < 4.78 is 37.3. The van der Waals surface area contributed by atoms with E-state index < -0.39 is 0 Å². The SMILES string of the molecule is COc1c(OC)c(C=NC(C)C)c2c(OC)c(-c3c(C)cc4c(C(C)C)c(OC)c(OC)c(C=NC(C)C)c4c3OC)c(C)cc2c1C(C)C. The first-order valence-corrected chi connectivity index (χ1v) is 17.4. The third kappa shape index (κ3) is 6.57. The molecule has 4 rings (SSSR count). The number of ether oxygens (including phenoxy) is 6. The second-order valence-corrected chi connectivity index (χ2v) is 13.9. The van der Waals surface area contributed by atoms with Gasteiger partial charge in [0.25, 0.3) is 0 Å². The molecule has 0 fully saturated rings. The molecule has 0 unspecified atom stereocenters. The number of hydrogen-bond donors (Lipinski definition) is 0. The van der Waals surface area contributed by atoms with Gasteiger partial charge in [-0.15, -0.1) is 0 Å². The van der Waals surface area contributed by atoms with Gasteiger partial charge < -0.3 is 28.4 Å². The zero-order valence-electron chi connectivity index (χ0n) is 33.0. The highest BCUT2D eigenvalue weighted by molar-refractivity contribution is 6.15. The van der Waals surface area contributed by atoms with E-state index in [0.29, 0.717) is 34.5 Å². The second kappa shape index (κ2) is 15.6. The third-order valence-electron chi connectivity index (χ3n) is 9.10. The number of rotatable bonds is 13. The second-order valence-electron chi connectivity index (χ2n) is 13.9. The van der Waals surface area contributed by atoms with Crippen molar-refractivity contribution in [2.75, 3.05) is 42.7 Å². The summed E-state index contributed by atoms with van der Waals surface area (Å²) in [5.41, 5.74) is 7.58. The van der Waals surface area contributed by atoms with Crippen molar-refractivity contribution in [1.82, 2.24) is 0 Å². The van der Waals surface area contributed by atoms with Crippen molar-refractivity contribution in [2.45, 2.75) is 93.2 Å². The molecule has 0 saturated carbocycles. The zero-order chi connectivity index (χ0) is 37.2. The van der Waals surface area contributed by atoms with Crippen molar-refractivity contribution in [3.63, 3.8) is 0 Å². The van der Waals surface area contributed by atoms with Gasteiger partial charge in [-0.25, -0.2) is 0 Å². The molecule has 0 amide bonds. The van der Waals surface area contributed by atoms with Gasteiger partial charge in [-0.1, -0.05) is 39.8 Å². The Morgan fingerprint density at radius 2 is 0.760 bits per heavy atom. The average molecular weight is 685 g/mol. The molecule has 0 bridgehead atoms. The monoisotopic (exact) mass is 684 g/mol. The van der Waals surface area contributed by atoms with Crippen molar-refractivity contribution >= 4 is 34.0 Å². The molecular weight excluding hydrogens is 628 g/mol. The Kier molecular flexibility index (Phi) is 12.0. The topological polar surface area (TPSA) is 80.1 Å². The maximum Gasteiger partial charge on any atom is 0.170 e. The van der Waals surface area contributed by atoms with E-state index in [1.165, 1.54) is 0 Å². The van der Waals surface area contributed by atoms with Gasteiger partial charge in [-0.3, -0.25) is 9.98 Å². The molecular formula is C42H56N2O6. The molecule has 8 nitrogen and oxygen atoms in total. The predicted molar refractivity (Wildman–Crippen MR) is 209 cm³/mol. The van der Waals surface area contributed by atoms with Gasteiger partial charge in [0.05, 0.1) is 42.7 Å². The van der Waals surface area contributed by atoms with E-state index in [0.717, 1.165) is 66.1 Å². The highest BCUT2D eigenvalue weighted by atomic mass is 16.5. The van der Waals surface area contributed by atoms with Crippen molar-refractivity contribution in [2.24, 2.45) is 9.98 Å². The Hall–Kier alpha value is -4.46. The van der Waals surface area contributed by atoms with Gasteiger partial charge in [-0.05, 0) is 75.3 Å². The lowest BCUT2D eigenvalue weighted by Crippen LogP contribution is -2.08. The highest BCUT2D eigenvalue weighted by Gasteiger charge is 2.31. The molecule has 0 saturated heterocycles. The van der Waals surface area contributed by atoms with Crippen molar-refractivity contribution in [3.8, 4) is 45.6 Å². The molecule has 4 aromatic carbocycles. The molecule has 270 valence electrons. The van der Waals surface area contributed by atoms with Crippen LogP contribution in [0, 0.1) is 13.8 Å². The molecule has 0 aliphatic rings. The van der Waals surface area contributed by atoms with Gasteiger partial charge in [0, 0.05) is 68.7 Å². The molecule has 4 aromatic rings. The van der Waals surface area contributed by atoms with Crippen LogP contribution in [0.5, 0.6) is 34.5 Å². The number of aryl methyl sites for hydroxylation is 2. The van der Waals surface area contributed by atoms with E-state index in [1.54, 1.807) is 42.7 Å². The van der Waals surface area contributed by atoms with Crippen LogP contribution >= 0.6 is 0 Å². The average Bonchev–Trinajstić information content (AvgIpc) is 3.06. The molecule has 0 N–H and O–H groups in total. The Bertz CT molecular complexity index is 1810. The van der Waals surface area contributed by atoms with Crippen LogP contribution < -0.4 is 28.4 Å². The Labute approximate surface area is 298 Å². The normalized spacial score (nSPS) is 12.2. The zero-order valence-corrected chi connectivity index (χ0v) is 33.0. The third-order valence-corrected chi connectivity index (χ3v) is 9.10. The van der Waals surface area contributed by atoms with Crippen LogP contribution in [0.15, 0.2) is 22.1 Å². The fraction of sp³-hybridized carbons (Fsp3) is 0.476. The first-order chi connectivity index (χ1) is 23.7. The summed E-state index contributed by atoms with van der Waals surface area (Å²) in [6, 6.07) is 4.60. The fourth-order valence-corrected chi connectivity index (χ4v) is 7.18. The number of hydrogen-bond acceptors (Lipinski definition) is 8. The largest absolute Gasteiger partial charge is 0.495 e. The smallest absolute Gasteiger partial charge is 0.170 e. The predicted octanol–water partition coefficient (Wildman–Crippen LogP) is 10.2. The van der Waals surface area contributed by atoms with E-state index in [1.807, 2.05) is 12.4 Å². The first-order valence-electron chi connectivity index (χ1n) is 17.4. The van der Waals surface area contributed by atoms with Crippen molar-refractivity contribution in [3.05, 3.63) is 45.5 Å². The number of aliphatic imine (C=N–C) groups is 2. The van der Waals surface area contributed by atoms with Crippen LogP contribution in [0.3, 0.4) is 0 Å². The molecule has 8 heteroatoms. The number of nitrogens with zero attached hydrogens (tertiary/aromatic N) is 2. The van der Waals surface area contributed by atoms with Gasteiger partial charge in [0.1, 0.15) is 11.5 Å². The fourth-order valence-electron chi connectivity index (χ4n) is 7.18. The van der Waals surface area contributed by atoms with Crippen LogP contribution in [-0.4, -0.2) is 67.2 Å². The lowest BCUT2D eigenvalue weighted by Gasteiger charge is -2.27. The van der Waals surface area contributed by atoms with Crippen LogP contribution in [0.2, 0.25) is 0 Å². The lowest BCUT2D eigenvalue weighted by atomic mass is 9.83. The van der Waals surface area contributed by atoms with Crippen molar-refractivity contribution in [1.29, 1.82) is 0 Å². The van der Waals surface area contributed by atoms with Gasteiger partial charge >= 0.3 is 0 Å². The summed E-state index contributed by atoms with van der Waals surface area (Å²) in [6.45, 7) is 21.1. The van der Waals surface area contributed by atoms with Gasteiger partial charge in [0.15, 0.2) is 23.0 Å². The summed E-state index contributed by atoms with van der Waals surface area (Å²) in [5.74, 6) is 4.30. The van der Waals surface area contributed by atoms with Crippen molar-refractivity contribution < 1.29 is 28.4 Å². The standard InChI is InChI=1S/C42H56N2O6/c1-21(2)31-27-17-25(9)33(39(47-13)35(27)29(19-43-23(5)6)37(45-11)41(31)49-15)34-26(10)18-28-32(22(3)4)42(50-16)38(46-12)30(20-44-24(7)8)36(28)40(34)48-14/h17-24H,1-16H3. The molecule has 0 aromatic heterocycles. The van der Waals surface area contributed by atoms with Crippen LogP contribution in [0.25, 0.3) is 32.7 Å². The molecule has 0 radical (unpaired) electrons. The molecule has 0 atom stereocenters. The van der Waals surface area contributed by atoms with E-state index >= 15 is 0 Å². The minimum atomic E-state index is 0.0670. The maximum absolute atomic E-state index is 6.48. The Morgan fingerprint density at radius 3 is 1.00 bits per heavy atom. The van der Waals surface area contributed by atoms with E-state index in [9.17, 15) is 0 Å². The Balaban J connectivity index is 2.40. The van der Waals surface area contributed by atoms with E-state index in [-0.39, 0.29) is 23.9 Å². The lowest BCUT2D eigenvalue weighted by molar-refractivity contribution is 0.351. The number of methoxy groups -OCH3 is 6. The first kappa shape index (κ1) is 38.3. The molecule has 50 heavy (non-hydrogen) atoms. The minimum absolute atomic E-state index is 0.0670. The summed E-state index contributed by atoms with van der Waals surface area (Å²) >= 11 is 0. The molecule has 0 heterocycles. The summed E-state index contributed by atoms with van der Waals surface area (Å²) in [5, 5.41) is 3.85. The van der Waals surface area contributed by atoms with Crippen LogP contribution in [0.4, 0.5) is 0 Å². The number of benzene rings is 4. The summed E-state index contributed by atoms with van der Waals surface area (Å²) in [4.78, 5) is 9.65. The quantitative estimate of drug-likeness (QED) is 0.130. The molecule has 0 spiro atoms. The van der Waals surface area contributed by atoms with E-state index in [4.69, 9.17) is 38.4 Å². The van der Waals surface area contributed by atoms with Crippen LogP contribution in [0.1, 0.15) is 101 Å². The minimum Gasteiger partial charge on any atom is -0.495 e.